The topological polar surface area (TPSA) is 62.5 Å². The maximum Gasteiger partial charge on any atom is 0.227 e. The van der Waals surface area contributed by atoms with Gasteiger partial charge in [0.05, 0.1) is 0 Å². The first-order valence-electron chi connectivity index (χ1n) is 10.7. The van der Waals surface area contributed by atoms with Gasteiger partial charge in [0.15, 0.2) is 5.82 Å². The van der Waals surface area contributed by atoms with E-state index < -0.39 is 0 Å². The normalized spacial score (nSPS) is 18.7. The molecule has 6 heteroatoms. The van der Waals surface area contributed by atoms with Gasteiger partial charge in [-0.1, -0.05) is 41.6 Å². The maximum absolute atomic E-state index is 12.6. The molecule has 29 heavy (non-hydrogen) atoms. The van der Waals surface area contributed by atoms with E-state index in [4.69, 9.17) is 4.52 Å². The Morgan fingerprint density at radius 1 is 1.17 bits per heavy atom. The molecule has 0 radical (unpaired) electrons. The highest BCUT2D eigenvalue weighted by atomic mass is 16.5. The van der Waals surface area contributed by atoms with E-state index in [9.17, 15) is 4.79 Å². The summed E-state index contributed by atoms with van der Waals surface area (Å²) in [5, 5.41) is 4.11. The Hall–Kier alpha value is -2.47. The Morgan fingerprint density at radius 3 is 2.69 bits per heavy atom. The average Bonchev–Trinajstić information content (AvgIpc) is 3.23. The van der Waals surface area contributed by atoms with Crippen molar-refractivity contribution < 1.29 is 9.32 Å². The number of likely N-dealkylation sites (N-methyl/N-ethyl adjacent to an activating group) is 1. The van der Waals surface area contributed by atoms with Gasteiger partial charge in [0.25, 0.3) is 0 Å². The zero-order valence-corrected chi connectivity index (χ0v) is 17.2. The Kier molecular flexibility index (Phi) is 6.39. The monoisotopic (exact) mass is 394 g/mol. The van der Waals surface area contributed by atoms with Gasteiger partial charge in [-0.3, -0.25) is 4.79 Å². The fraction of sp³-hybridized carbons (Fsp3) is 0.522. The first-order chi connectivity index (χ1) is 14.2. The molecule has 0 aliphatic carbocycles. The van der Waals surface area contributed by atoms with Crippen molar-refractivity contribution in [3.05, 3.63) is 53.7 Å². The highest BCUT2D eigenvalue weighted by molar-refractivity contribution is 5.76. The van der Waals surface area contributed by atoms with Gasteiger partial charge in [0.2, 0.25) is 11.8 Å². The summed E-state index contributed by atoms with van der Waals surface area (Å²) in [5.41, 5.74) is 2.54. The fourth-order valence-electron chi connectivity index (χ4n) is 4.17. The third-order valence-corrected chi connectivity index (χ3v) is 6.05. The molecule has 154 valence electrons. The number of nitrogens with zero attached hydrogens (tertiary/aromatic N) is 4. The van der Waals surface area contributed by atoms with Gasteiger partial charge < -0.3 is 14.3 Å². The van der Waals surface area contributed by atoms with Crippen molar-refractivity contribution in [1.29, 1.82) is 0 Å². The predicted molar refractivity (Wildman–Crippen MR) is 112 cm³/mol. The molecule has 2 aliphatic rings. The number of likely N-dealkylation sites (tertiary alicyclic amines) is 1. The van der Waals surface area contributed by atoms with Crippen LogP contribution in [0.25, 0.3) is 5.57 Å². The van der Waals surface area contributed by atoms with Crippen LogP contribution < -0.4 is 0 Å². The fourth-order valence-corrected chi connectivity index (χ4v) is 4.17. The molecule has 1 fully saturated rings. The zero-order chi connectivity index (χ0) is 20.1. The van der Waals surface area contributed by atoms with Crippen molar-refractivity contribution in [2.45, 2.75) is 38.5 Å². The number of piperidine rings is 1. The van der Waals surface area contributed by atoms with Gasteiger partial charge >= 0.3 is 0 Å². The second-order valence-electron chi connectivity index (χ2n) is 8.27. The molecule has 1 aromatic carbocycles. The quantitative estimate of drug-likeness (QED) is 0.753. The molecule has 1 amide bonds. The lowest BCUT2D eigenvalue weighted by Crippen LogP contribution is -2.39. The van der Waals surface area contributed by atoms with Crippen LogP contribution in [0.2, 0.25) is 0 Å². The third-order valence-electron chi connectivity index (χ3n) is 6.05. The van der Waals surface area contributed by atoms with Crippen LogP contribution in [0.5, 0.6) is 0 Å². The van der Waals surface area contributed by atoms with Crippen molar-refractivity contribution >= 4 is 11.5 Å². The predicted octanol–water partition coefficient (Wildman–Crippen LogP) is 3.20. The minimum atomic E-state index is 0.196. The van der Waals surface area contributed by atoms with Crippen LogP contribution in [-0.4, -0.2) is 59.1 Å². The van der Waals surface area contributed by atoms with Gasteiger partial charge in [-0.15, -0.1) is 0 Å². The molecular weight excluding hydrogens is 364 g/mol. The summed E-state index contributed by atoms with van der Waals surface area (Å²) in [6.07, 6.45) is 7.31. The minimum absolute atomic E-state index is 0.196. The molecular formula is C23H30N4O2. The van der Waals surface area contributed by atoms with Crippen molar-refractivity contribution in [2.75, 3.05) is 33.2 Å². The highest BCUT2D eigenvalue weighted by Gasteiger charge is 2.23. The summed E-state index contributed by atoms with van der Waals surface area (Å²) in [7, 11) is 2.10. The minimum Gasteiger partial charge on any atom is -0.343 e. The molecule has 1 saturated heterocycles. The number of aryl methyl sites for hydroxylation is 1. The van der Waals surface area contributed by atoms with E-state index in [-0.39, 0.29) is 5.91 Å². The summed E-state index contributed by atoms with van der Waals surface area (Å²) < 4.78 is 5.38. The van der Waals surface area contributed by atoms with E-state index in [1.54, 1.807) is 0 Å². The standard InChI is InChI=1S/C23H30N4O2/c1-26-13-11-20(12-14-26)23-24-21(29-25-23)7-8-22(28)27-15-9-19(10-16-27)17-18-5-3-2-4-6-18/h2-6,11,19H,7-10,12-17H2,1H3. The van der Waals surface area contributed by atoms with E-state index in [1.165, 1.54) is 5.56 Å². The number of carbonyl (C=O) groups is 1. The Labute approximate surface area is 172 Å². The van der Waals surface area contributed by atoms with Crippen molar-refractivity contribution in [1.82, 2.24) is 19.9 Å². The zero-order valence-electron chi connectivity index (χ0n) is 17.2. The van der Waals surface area contributed by atoms with E-state index in [0.717, 1.165) is 57.4 Å². The summed E-state index contributed by atoms with van der Waals surface area (Å²) in [6.45, 7) is 3.63. The lowest BCUT2D eigenvalue weighted by Gasteiger charge is -2.32. The largest absolute Gasteiger partial charge is 0.343 e. The number of carbonyl (C=O) groups excluding carboxylic acids is 1. The number of benzene rings is 1. The molecule has 0 bridgehead atoms. The Morgan fingerprint density at radius 2 is 1.97 bits per heavy atom. The van der Waals surface area contributed by atoms with E-state index in [0.29, 0.717) is 30.5 Å². The lowest BCUT2D eigenvalue weighted by molar-refractivity contribution is -0.132. The average molecular weight is 395 g/mol. The maximum atomic E-state index is 12.6. The highest BCUT2D eigenvalue weighted by Crippen LogP contribution is 2.23. The molecule has 2 aromatic rings. The molecule has 6 nitrogen and oxygen atoms in total. The summed E-state index contributed by atoms with van der Waals surface area (Å²) in [4.78, 5) is 21.4. The number of hydrogen-bond donors (Lipinski definition) is 0. The first kappa shape index (κ1) is 19.8. The molecule has 4 rings (SSSR count). The number of rotatable bonds is 6. The van der Waals surface area contributed by atoms with Gasteiger partial charge in [-0.25, -0.2) is 0 Å². The summed E-state index contributed by atoms with van der Waals surface area (Å²) in [5.74, 6) is 2.11. The van der Waals surface area contributed by atoms with Gasteiger partial charge in [0.1, 0.15) is 0 Å². The van der Waals surface area contributed by atoms with Crippen LogP contribution in [0.4, 0.5) is 0 Å². The molecule has 0 N–H and O–H groups in total. The van der Waals surface area contributed by atoms with Crippen LogP contribution in [0.1, 0.15) is 43.0 Å². The lowest BCUT2D eigenvalue weighted by atomic mass is 9.90. The Balaban J connectivity index is 1.22. The smallest absolute Gasteiger partial charge is 0.227 e. The van der Waals surface area contributed by atoms with Crippen LogP contribution in [-0.2, 0) is 17.6 Å². The SMILES string of the molecule is CN1CC=C(c2noc(CCC(=O)N3CCC(Cc4ccccc4)CC3)n2)CC1. The molecule has 0 saturated carbocycles. The second kappa shape index (κ2) is 9.35. The number of hydrogen-bond acceptors (Lipinski definition) is 5. The second-order valence-corrected chi connectivity index (χ2v) is 8.27. The van der Waals surface area contributed by atoms with Crippen LogP contribution in [0.3, 0.4) is 0 Å². The third kappa shape index (κ3) is 5.32. The first-order valence-corrected chi connectivity index (χ1v) is 10.7. The van der Waals surface area contributed by atoms with Crippen molar-refractivity contribution in [3.63, 3.8) is 0 Å². The van der Waals surface area contributed by atoms with E-state index in [1.807, 2.05) is 4.90 Å². The molecule has 3 heterocycles. The van der Waals surface area contributed by atoms with Gasteiger partial charge in [-0.2, -0.15) is 4.98 Å². The number of amides is 1. The summed E-state index contributed by atoms with van der Waals surface area (Å²) >= 11 is 0. The van der Waals surface area contributed by atoms with Gasteiger partial charge in [0, 0.05) is 39.0 Å². The molecule has 0 atom stereocenters. The molecule has 0 unspecified atom stereocenters. The summed E-state index contributed by atoms with van der Waals surface area (Å²) in [6, 6.07) is 10.6. The van der Waals surface area contributed by atoms with Crippen molar-refractivity contribution in [2.24, 2.45) is 5.92 Å². The molecule has 1 aromatic heterocycles. The van der Waals surface area contributed by atoms with E-state index in [2.05, 4.69) is 58.5 Å². The Bertz CT molecular complexity index is 838. The van der Waals surface area contributed by atoms with Crippen LogP contribution in [0.15, 0.2) is 40.9 Å². The number of aromatic nitrogens is 2. The molecule has 0 spiro atoms. The van der Waals surface area contributed by atoms with E-state index >= 15 is 0 Å². The molecule has 2 aliphatic heterocycles. The van der Waals surface area contributed by atoms with Crippen LogP contribution in [0, 0.1) is 5.92 Å². The van der Waals surface area contributed by atoms with Crippen molar-refractivity contribution in [3.8, 4) is 0 Å². The van der Waals surface area contributed by atoms with Gasteiger partial charge in [-0.05, 0) is 49.8 Å². The van der Waals surface area contributed by atoms with Crippen LogP contribution >= 0.6 is 0 Å².